The number of hydrogen-bond acceptors (Lipinski definition) is 4. The molecule has 0 aliphatic carbocycles. The third-order valence-electron chi connectivity index (χ3n) is 3.83. The summed E-state index contributed by atoms with van der Waals surface area (Å²) in [5.41, 5.74) is 2.95. The summed E-state index contributed by atoms with van der Waals surface area (Å²) in [5.74, 6) is 2.31. The van der Waals surface area contributed by atoms with Crippen molar-refractivity contribution < 1.29 is 4.79 Å². The summed E-state index contributed by atoms with van der Waals surface area (Å²) in [6.45, 7) is 2.40. The number of rotatable bonds is 2. The first-order valence-corrected chi connectivity index (χ1v) is 9.28. The summed E-state index contributed by atoms with van der Waals surface area (Å²) in [4.78, 5) is 21.9. The number of nitrogens with zero attached hydrogens (tertiary/aromatic N) is 3. The standard InChI is InChI=1S/C19H13N3OS2/c1-3-11-22-16-12(2)7-6-10-15(16)25-19(22)21-17(23)18-20-13-8-4-5-9-14(13)24-18/h1,4-10H,11H2,2H3. The number of amides is 1. The van der Waals surface area contributed by atoms with Crippen molar-refractivity contribution in [3.05, 3.63) is 57.8 Å². The molecule has 122 valence electrons. The number of terminal acetylenes is 1. The maximum atomic E-state index is 12.6. The number of thiazole rings is 2. The fourth-order valence-corrected chi connectivity index (χ4v) is 4.68. The molecule has 0 atom stereocenters. The molecule has 0 N–H and O–H groups in total. The Bertz CT molecular complexity index is 1190. The molecule has 0 aliphatic heterocycles. The van der Waals surface area contributed by atoms with Crippen LogP contribution in [0.5, 0.6) is 0 Å². The van der Waals surface area contributed by atoms with Crippen molar-refractivity contribution in [3.63, 3.8) is 0 Å². The fourth-order valence-electron chi connectivity index (χ4n) is 2.73. The van der Waals surface area contributed by atoms with Gasteiger partial charge in [0.05, 0.1) is 27.0 Å². The van der Waals surface area contributed by atoms with Gasteiger partial charge in [0.15, 0.2) is 9.81 Å². The van der Waals surface area contributed by atoms with Gasteiger partial charge in [-0.25, -0.2) is 4.98 Å². The Kier molecular flexibility index (Phi) is 3.96. The van der Waals surface area contributed by atoms with Crippen LogP contribution < -0.4 is 4.80 Å². The molecule has 0 aliphatic rings. The Morgan fingerprint density at radius 3 is 2.80 bits per heavy atom. The van der Waals surface area contributed by atoms with Crippen LogP contribution in [-0.4, -0.2) is 15.5 Å². The lowest BCUT2D eigenvalue weighted by atomic mass is 10.2. The lowest BCUT2D eigenvalue weighted by molar-refractivity contribution is 0.0997. The monoisotopic (exact) mass is 363 g/mol. The van der Waals surface area contributed by atoms with E-state index < -0.39 is 0 Å². The van der Waals surface area contributed by atoms with Gasteiger partial charge in [0.25, 0.3) is 0 Å². The van der Waals surface area contributed by atoms with Gasteiger partial charge in [-0.1, -0.05) is 41.5 Å². The van der Waals surface area contributed by atoms with Crippen LogP contribution in [0.1, 0.15) is 15.4 Å². The second kappa shape index (κ2) is 6.28. The second-order valence-electron chi connectivity index (χ2n) is 5.50. The summed E-state index contributed by atoms with van der Waals surface area (Å²) >= 11 is 2.82. The zero-order valence-corrected chi connectivity index (χ0v) is 15.0. The third kappa shape index (κ3) is 2.78. The predicted octanol–water partition coefficient (Wildman–Crippen LogP) is 4.00. The number of carbonyl (C=O) groups is 1. The smallest absolute Gasteiger partial charge is 0.304 e. The van der Waals surface area contributed by atoms with E-state index in [2.05, 4.69) is 15.9 Å². The van der Waals surface area contributed by atoms with E-state index in [1.54, 1.807) is 0 Å². The van der Waals surface area contributed by atoms with Crippen LogP contribution in [0.2, 0.25) is 0 Å². The maximum absolute atomic E-state index is 12.6. The molecule has 6 heteroatoms. The molecule has 0 saturated heterocycles. The summed E-state index contributed by atoms with van der Waals surface area (Å²) in [7, 11) is 0. The highest BCUT2D eigenvalue weighted by atomic mass is 32.1. The highest BCUT2D eigenvalue weighted by molar-refractivity contribution is 7.20. The molecule has 4 rings (SSSR count). The molecule has 2 aromatic carbocycles. The molecule has 0 bridgehead atoms. The van der Waals surface area contributed by atoms with Gasteiger partial charge in [0, 0.05) is 0 Å². The van der Waals surface area contributed by atoms with Crippen molar-refractivity contribution in [2.45, 2.75) is 13.5 Å². The molecule has 0 spiro atoms. The Morgan fingerprint density at radius 1 is 1.20 bits per heavy atom. The van der Waals surface area contributed by atoms with E-state index in [4.69, 9.17) is 6.42 Å². The van der Waals surface area contributed by atoms with Crippen molar-refractivity contribution in [1.82, 2.24) is 9.55 Å². The Labute approximate surface area is 152 Å². The van der Waals surface area contributed by atoms with Crippen LogP contribution in [0.15, 0.2) is 47.5 Å². The predicted molar refractivity (Wildman–Crippen MR) is 103 cm³/mol. The van der Waals surface area contributed by atoms with Gasteiger partial charge in [0.2, 0.25) is 0 Å². The third-order valence-corrected chi connectivity index (χ3v) is 5.89. The lowest BCUT2D eigenvalue weighted by Crippen LogP contribution is -2.16. The van der Waals surface area contributed by atoms with Crippen molar-refractivity contribution in [2.24, 2.45) is 4.99 Å². The minimum Gasteiger partial charge on any atom is -0.304 e. The molecule has 4 nitrogen and oxygen atoms in total. The molecule has 2 aromatic heterocycles. The molecule has 0 saturated carbocycles. The lowest BCUT2D eigenvalue weighted by Gasteiger charge is -2.02. The van der Waals surface area contributed by atoms with E-state index in [1.807, 2.05) is 54.0 Å². The topological polar surface area (TPSA) is 47.2 Å². The van der Waals surface area contributed by atoms with Crippen molar-refractivity contribution >= 4 is 49.0 Å². The van der Waals surface area contributed by atoms with Gasteiger partial charge < -0.3 is 4.57 Å². The minimum atomic E-state index is -0.337. The van der Waals surface area contributed by atoms with E-state index in [0.29, 0.717) is 16.4 Å². The van der Waals surface area contributed by atoms with Crippen LogP contribution in [0, 0.1) is 19.3 Å². The zero-order valence-electron chi connectivity index (χ0n) is 13.4. The van der Waals surface area contributed by atoms with E-state index in [-0.39, 0.29) is 5.91 Å². The summed E-state index contributed by atoms with van der Waals surface area (Å²) < 4.78 is 3.96. The molecule has 0 fully saturated rings. The van der Waals surface area contributed by atoms with Gasteiger partial charge in [-0.05, 0) is 30.7 Å². The van der Waals surface area contributed by atoms with Gasteiger partial charge >= 0.3 is 5.91 Å². The SMILES string of the molecule is C#CCn1c(=NC(=O)c2nc3ccccc3s2)sc2cccc(C)c21. The molecule has 0 radical (unpaired) electrons. The Hall–Kier alpha value is -2.75. The molecule has 4 aromatic rings. The number of fused-ring (bicyclic) bond motifs is 2. The quantitative estimate of drug-likeness (QED) is 0.506. The highest BCUT2D eigenvalue weighted by Crippen LogP contribution is 2.23. The van der Waals surface area contributed by atoms with Gasteiger partial charge in [-0.15, -0.1) is 17.8 Å². The first kappa shape index (κ1) is 15.8. The normalized spacial score (nSPS) is 11.9. The first-order chi connectivity index (χ1) is 12.2. The Morgan fingerprint density at radius 2 is 2.00 bits per heavy atom. The second-order valence-corrected chi connectivity index (χ2v) is 7.54. The average Bonchev–Trinajstić information content (AvgIpc) is 3.18. The molecule has 0 unspecified atom stereocenters. The summed E-state index contributed by atoms with van der Waals surface area (Å²) in [5, 5.41) is 0.391. The molecule has 25 heavy (non-hydrogen) atoms. The first-order valence-electron chi connectivity index (χ1n) is 7.64. The van der Waals surface area contributed by atoms with Gasteiger partial charge in [-0.3, -0.25) is 4.79 Å². The van der Waals surface area contributed by atoms with Crippen LogP contribution in [0.3, 0.4) is 0 Å². The van der Waals surface area contributed by atoms with Crippen molar-refractivity contribution in [2.75, 3.05) is 0 Å². The molecule has 2 heterocycles. The van der Waals surface area contributed by atoms with Gasteiger partial charge in [-0.2, -0.15) is 4.99 Å². The van der Waals surface area contributed by atoms with Gasteiger partial charge in [0.1, 0.15) is 0 Å². The number of hydrogen-bond donors (Lipinski definition) is 0. The summed E-state index contributed by atoms with van der Waals surface area (Å²) in [6, 6.07) is 13.7. The van der Waals surface area contributed by atoms with Crippen LogP contribution in [-0.2, 0) is 6.54 Å². The number of benzene rings is 2. The number of para-hydroxylation sites is 2. The molecular weight excluding hydrogens is 350 g/mol. The molecule has 1 amide bonds. The van der Waals surface area contributed by atoms with Crippen LogP contribution in [0.4, 0.5) is 0 Å². The number of aromatic nitrogens is 2. The van der Waals surface area contributed by atoms with Crippen molar-refractivity contribution in [3.8, 4) is 12.3 Å². The van der Waals surface area contributed by atoms with E-state index in [9.17, 15) is 4.79 Å². The van der Waals surface area contributed by atoms with E-state index in [0.717, 1.165) is 26.0 Å². The number of aryl methyl sites for hydroxylation is 1. The highest BCUT2D eigenvalue weighted by Gasteiger charge is 2.13. The Balaban J connectivity index is 1.88. The van der Waals surface area contributed by atoms with E-state index >= 15 is 0 Å². The van der Waals surface area contributed by atoms with Crippen LogP contribution >= 0.6 is 22.7 Å². The number of carbonyl (C=O) groups excluding carboxylic acids is 1. The van der Waals surface area contributed by atoms with Crippen LogP contribution in [0.25, 0.3) is 20.4 Å². The molecular formula is C19H13N3OS2. The maximum Gasteiger partial charge on any atom is 0.308 e. The fraction of sp³-hybridized carbons (Fsp3) is 0.105. The average molecular weight is 363 g/mol. The zero-order chi connectivity index (χ0) is 17.4. The van der Waals surface area contributed by atoms with E-state index in [1.165, 1.54) is 22.7 Å². The largest absolute Gasteiger partial charge is 0.308 e. The van der Waals surface area contributed by atoms with Crippen molar-refractivity contribution in [1.29, 1.82) is 0 Å². The summed E-state index contributed by atoms with van der Waals surface area (Å²) in [6.07, 6.45) is 5.52. The minimum absolute atomic E-state index is 0.337.